The van der Waals surface area contributed by atoms with E-state index in [1.165, 1.54) is 0 Å². The smallest absolute Gasteiger partial charge is 0.246 e. The predicted molar refractivity (Wildman–Crippen MR) is 83.2 cm³/mol. The van der Waals surface area contributed by atoms with Crippen molar-refractivity contribution in [3.63, 3.8) is 0 Å². The summed E-state index contributed by atoms with van der Waals surface area (Å²) in [6.45, 7) is 3.73. The number of rotatable bonds is 5. The first-order chi connectivity index (χ1) is 10.1. The van der Waals surface area contributed by atoms with Crippen LogP contribution in [-0.4, -0.2) is 42.7 Å². The first kappa shape index (κ1) is 15.6. The van der Waals surface area contributed by atoms with E-state index >= 15 is 0 Å². The molecule has 1 amide bonds. The number of ether oxygens (including phenoxy) is 1. The Labute approximate surface area is 126 Å². The van der Waals surface area contributed by atoms with Crippen LogP contribution in [0.2, 0.25) is 0 Å². The number of amides is 1. The molecule has 0 bridgehead atoms. The lowest BCUT2D eigenvalue weighted by Crippen LogP contribution is -2.26. The summed E-state index contributed by atoms with van der Waals surface area (Å²) in [7, 11) is 1.63. The molecule has 0 aromatic heterocycles. The molecule has 0 spiro atoms. The molecule has 1 saturated heterocycles. The molecule has 4 heteroatoms. The molecule has 114 valence electrons. The van der Waals surface area contributed by atoms with E-state index in [0.717, 1.165) is 42.8 Å². The van der Waals surface area contributed by atoms with Gasteiger partial charge in [0.2, 0.25) is 5.91 Å². The molecule has 1 aliphatic rings. The van der Waals surface area contributed by atoms with Gasteiger partial charge >= 0.3 is 0 Å². The van der Waals surface area contributed by atoms with E-state index in [4.69, 9.17) is 9.84 Å². The van der Waals surface area contributed by atoms with Gasteiger partial charge in [-0.15, -0.1) is 0 Å². The van der Waals surface area contributed by atoms with Crippen LogP contribution < -0.4 is 4.74 Å². The van der Waals surface area contributed by atoms with Crippen LogP contribution in [0.15, 0.2) is 24.3 Å². The van der Waals surface area contributed by atoms with Crippen LogP contribution in [-0.2, 0) is 4.79 Å². The SMILES string of the molecule is COc1ccc(C)cc1/C=C/C(=O)N1CCC(CCO)C1. The van der Waals surface area contributed by atoms with Gasteiger partial charge in [-0.2, -0.15) is 0 Å². The topological polar surface area (TPSA) is 49.8 Å². The third kappa shape index (κ3) is 4.08. The van der Waals surface area contributed by atoms with E-state index in [0.29, 0.717) is 5.92 Å². The normalized spacial score (nSPS) is 18.4. The highest BCUT2D eigenvalue weighted by atomic mass is 16.5. The zero-order valence-electron chi connectivity index (χ0n) is 12.7. The minimum atomic E-state index is 0.0269. The van der Waals surface area contributed by atoms with Gasteiger partial charge in [-0.1, -0.05) is 11.6 Å². The van der Waals surface area contributed by atoms with Crippen LogP contribution in [0.3, 0.4) is 0 Å². The van der Waals surface area contributed by atoms with Crippen molar-refractivity contribution in [3.8, 4) is 5.75 Å². The largest absolute Gasteiger partial charge is 0.496 e. The number of likely N-dealkylation sites (tertiary alicyclic amines) is 1. The third-order valence-electron chi connectivity index (χ3n) is 3.93. The molecule has 1 N–H and O–H groups in total. The number of nitrogens with zero attached hydrogens (tertiary/aromatic N) is 1. The van der Waals surface area contributed by atoms with Crippen LogP contribution in [0, 0.1) is 12.8 Å². The average molecular weight is 289 g/mol. The fourth-order valence-corrected chi connectivity index (χ4v) is 2.70. The van der Waals surface area contributed by atoms with Crippen LogP contribution >= 0.6 is 0 Å². The highest BCUT2D eigenvalue weighted by molar-refractivity contribution is 5.92. The van der Waals surface area contributed by atoms with Crippen molar-refractivity contribution in [2.75, 3.05) is 26.8 Å². The maximum absolute atomic E-state index is 12.2. The zero-order valence-corrected chi connectivity index (χ0v) is 12.7. The molecule has 2 rings (SSSR count). The summed E-state index contributed by atoms with van der Waals surface area (Å²) < 4.78 is 5.30. The van der Waals surface area contributed by atoms with Crippen molar-refractivity contribution in [2.45, 2.75) is 19.8 Å². The minimum Gasteiger partial charge on any atom is -0.496 e. The number of carbonyl (C=O) groups excluding carboxylic acids is 1. The monoisotopic (exact) mass is 289 g/mol. The summed E-state index contributed by atoms with van der Waals surface area (Å²) in [4.78, 5) is 14.0. The number of aliphatic hydroxyl groups excluding tert-OH is 1. The second-order valence-electron chi connectivity index (χ2n) is 5.53. The molecule has 1 atom stereocenters. The first-order valence-electron chi connectivity index (χ1n) is 7.36. The molecular weight excluding hydrogens is 266 g/mol. The molecule has 21 heavy (non-hydrogen) atoms. The third-order valence-corrected chi connectivity index (χ3v) is 3.93. The Morgan fingerprint density at radius 1 is 1.52 bits per heavy atom. The maximum Gasteiger partial charge on any atom is 0.246 e. The fourth-order valence-electron chi connectivity index (χ4n) is 2.70. The van der Waals surface area contributed by atoms with Gasteiger partial charge in [-0.05, 0) is 43.9 Å². The summed E-state index contributed by atoms with van der Waals surface area (Å²) >= 11 is 0. The summed E-state index contributed by atoms with van der Waals surface area (Å²) in [6.07, 6.45) is 5.18. The van der Waals surface area contributed by atoms with E-state index in [1.54, 1.807) is 13.2 Å². The quantitative estimate of drug-likeness (QED) is 0.846. The standard InChI is InChI=1S/C17H23NO3/c1-13-3-5-16(21-2)15(11-13)4-6-17(20)18-9-7-14(12-18)8-10-19/h3-6,11,14,19H,7-10,12H2,1-2H3/b6-4+. The van der Waals surface area contributed by atoms with Crippen molar-refractivity contribution in [1.29, 1.82) is 0 Å². The Balaban J connectivity index is 2.01. The Hall–Kier alpha value is -1.81. The summed E-state index contributed by atoms with van der Waals surface area (Å²) in [5.41, 5.74) is 2.05. The Morgan fingerprint density at radius 3 is 3.05 bits per heavy atom. The molecule has 1 unspecified atom stereocenters. The number of aliphatic hydroxyl groups is 1. The summed E-state index contributed by atoms with van der Waals surface area (Å²) in [6, 6.07) is 5.89. The van der Waals surface area contributed by atoms with Gasteiger partial charge in [0.05, 0.1) is 7.11 Å². The summed E-state index contributed by atoms with van der Waals surface area (Å²) in [5.74, 6) is 1.23. The average Bonchev–Trinajstić information content (AvgIpc) is 2.94. The fraction of sp³-hybridized carbons (Fsp3) is 0.471. The molecule has 1 aliphatic heterocycles. The number of aryl methyl sites for hydroxylation is 1. The van der Waals surface area contributed by atoms with Crippen molar-refractivity contribution >= 4 is 12.0 Å². The Kier molecular flexibility index (Phi) is 5.39. The Morgan fingerprint density at radius 2 is 2.33 bits per heavy atom. The minimum absolute atomic E-state index is 0.0269. The lowest BCUT2D eigenvalue weighted by atomic mass is 10.1. The van der Waals surface area contributed by atoms with Gasteiger partial charge in [-0.25, -0.2) is 0 Å². The molecule has 0 aliphatic carbocycles. The van der Waals surface area contributed by atoms with Crippen LogP contribution in [0.5, 0.6) is 5.75 Å². The van der Waals surface area contributed by atoms with Crippen LogP contribution in [0.25, 0.3) is 6.08 Å². The number of benzene rings is 1. The first-order valence-corrected chi connectivity index (χ1v) is 7.36. The second kappa shape index (κ2) is 7.27. The number of carbonyl (C=O) groups is 1. The zero-order chi connectivity index (χ0) is 15.2. The Bertz CT molecular complexity index is 525. The lowest BCUT2D eigenvalue weighted by molar-refractivity contribution is -0.125. The van der Waals surface area contributed by atoms with E-state index in [2.05, 4.69) is 0 Å². The molecule has 4 nitrogen and oxygen atoms in total. The van der Waals surface area contributed by atoms with Gasteiger partial charge in [0.15, 0.2) is 0 Å². The van der Waals surface area contributed by atoms with E-state index in [-0.39, 0.29) is 12.5 Å². The molecular formula is C17H23NO3. The molecule has 0 radical (unpaired) electrons. The van der Waals surface area contributed by atoms with E-state index in [1.807, 2.05) is 36.1 Å². The van der Waals surface area contributed by atoms with Crippen molar-refractivity contribution in [1.82, 2.24) is 4.90 Å². The van der Waals surface area contributed by atoms with Gasteiger partial charge in [0.25, 0.3) is 0 Å². The van der Waals surface area contributed by atoms with Crippen LogP contribution in [0.4, 0.5) is 0 Å². The molecule has 1 aromatic rings. The number of hydrogen-bond donors (Lipinski definition) is 1. The predicted octanol–water partition coefficient (Wildman–Crippen LogP) is 2.25. The second-order valence-corrected chi connectivity index (χ2v) is 5.53. The lowest BCUT2D eigenvalue weighted by Gasteiger charge is -2.14. The van der Waals surface area contributed by atoms with Crippen molar-refractivity contribution < 1.29 is 14.6 Å². The van der Waals surface area contributed by atoms with Gasteiger partial charge in [-0.3, -0.25) is 4.79 Å². The van der Waals surface area contributed by atoms with E-state index < -0.39 is 0 Å². The maximum atomic E-state index is 12.2. The highest BCUT2D eigenvalue weighted by Crippen LogP contribution is 2.22. The molecule has 0 saturated carbocycles. The van der Waals surface area contributed by atoms with Gasteiger partial charge < -0.3 is 14.7 Å². The van der Waals surface area contributed by atoms with Crippen LogP contribution in [0.1, 0.15) is 24.0 Å². The van der Waals surface area contributed by atoms with E-state index in [9.17, 15) is 4.79 Å². The number of hydrogen-bond acceptors (Lipinski definition) is 3. The van der Waals surface area contributed by atoms with Crippen molar-refractivity contribution in [2.24, 2.45) is 5.92 Å². The summed E-state index contributed by atoms with van der Waals surface area (Å²) in [5, 5.41) is 8.96. The van der Waals surface area contributed by atoms with Crippen molar-refractivity contribution in [3.05, 3.63) is 35.4 Å². The van der Waals surface area contributed by atoms with Gasteiger partial charge in [0.1, 0.15) is 5.75 Å². The highest BCUT2D eigenvalue weighted by Gasteiger charge is 2.24. The molecule has 1 aromatic carbocycles. The molecule has 1 heterocycles. The van der Waals surface area contributed by atoms with Gasteiger partial charge in [0, 0.05) is 31.3 Å². The molecule has 1 fully saturated rings. The number of methoxy groups -OCH3 is 1.